The van der Waals surface area contributed by atoms with Crippen molar-refractivity contribution in [1.82, 2.24) is 0 Å². The molecule has 2 aliphatic rings. The number of rotatable bonds is 2. The van der Waals surface area contributed by atoms with Gasteiger partial charge in [-0.15, -0.1) is 0 Å². The molecule has 0 spiro atoms. The summed E-state index contributed by atoms with van der Waals surface area (Å²) in [7, 11) is 0. The van der Waals surface area contributed by atoms with E-state index in [-0.39, 0.29) is 0 Å². The Bertz CT molecular complexity index is 355. The van der Waals surface area contributed by atoms with Crippen LogP contribution >= 0.6 is 0 Å². The van der Waals surface area contributed by atoms with Gasteiger partial charge in [0.1, 0.15) is 11.5 Å². The third kappa shape index (κ3) is 3.02. The Hall–Kier alpha value is -1.96. The topological polar surface area (TPSA) is 18.5 Å². The summed E-state index contributed by atoms with van der Waals surface area (Å²) in [5.41, 5.74) is 0. The lowest BCUT2D eigenvalue weighted by atomic mass is 10.2. The molecule has 15 heavy (non-hydrogen) atoms. The molecule has 0 radical (unpaired) electrons. The smallest absolute Gasteiger partial charge is 0.111 e. The van der Waals surface area contributed by atoms with E-state index in [9.17, 15) is 0 Å². The molecule has 0 aromatic heterocycles. The summed E-state index contributed by atoms with van der Waals surface area (Å²) >= 11 is 0. The molecule has 2 heteroatoms. The maximum Gasteiger partial charge on any atom is 0.111 e. The van der Waals surface area contributed by atoms with Gasteiger partial charge >= 0.3 is 0 Å². The lowest BCUT2D eigenvalue weighted by molar-refractivity contribution is 0.293. The molecule has 0 aliphatic carbocycles. The third-order valence-corrected chi connectivity index (χ3v) is 1.95. The van der Waals surface area contributed by atoms with Crippen molar-refractivity contribution >= 4 is 0 Å². The van der Waals surface area contributed by atoms with Gasteiger partial charge in [-0.3, -0.25) is 0 Å². The normalized spacial score (nSPS) is 18.4. The van der Waals surface area contributed by atoms with E-state index in [4.69, 9.17) is 9.47 Å². The van der Waals surface area contributed by atoms with Gasteiger partial charge in [-0.1, -0.05) is 24.3 Å². The minimum Gasteiger partial charge on any atom is -0.469 e. The summed E-state index contributed by atoms with van der Waals surface area (Å²) in [4.78, 5) is 0. The van der Waals surface area contributed by atoms with Crippen LogP contribution in [0.5, 0.6) is 0 Å². The van der Waals surface area contributed by atoms with E-state index in [1.54, 1.807) is 12.5 Å². The first kappa shape index (κ1) is 9.59. The lowest BCUT2D eigenvalue weighted by Crippen LogP contribution is -1.91. The van der Waals surface area contributed by atoms with E-state index in [1.165, 1.54) is 0 Å². The zero-order chi connectivity index (χ0) is 10.3. The van der Waals surface area contributed by atoms with Crippen LogP contribution in [-0.2, 0) is 9.47 Å². The van der Waals surface area contributed by atoms with Crippen LogP contribution in [0.15, 0.2) is 72.7 Å². The first-order chi connectivity index (χ1) is 7.45. The molecule has 0 amide bonds. The first-order valence-corrected chi connectivity index (χ1v) is 4.83. The molecule has 2 aliphatic heterocycles. The van der Waals surface area contributed by atoms with Crippen LogP contribution in [0.2, 0.25) is 0 Å². The lowest BCUT2D eigenvalue weighted by Gasteiger charge is -2.07. The van der Waals surface area contributed by atoms with E-state index >= 15 is 0 Å². The fourth-order valence-electron chi connectivity index (χ4n) is 1.25. The predicted molar refractivity (Wildman–Crippen MR) is 59.5 cm³/mol. The van der Waals surface area contributed by atoms with Crippen LogP contribution in [0.4, 0.5) is 0 Å². The van der Waals surface area contributed by atoms with E-state index in [2.05, 4.69) is 0 Å². The van der Waals surface area contributed by atoms with Crippen molar-refractivity contribution in [2.24, 2.45) is 0 Å². The van der Waals surface area contributed by atoms with E-state index in [0.717, 1.165) is 11.5 Å². The molecule has 0 saturated heterocycles. The van der Waals surface area contributed by atoms with Gasteiger partial charge < -0.3 is 9.47 Å². The Morgan fingerprint density at radius 2 is 1.20 bits per heavy atom. The Morgan fingerprint density at radius 1 is 0.667 bits per heavy atom. The number of ether oxygens (including phenoxy) is 2. The van der Waals surface area contributed by atoms with Crippen molar-refractivity contribution in [2.45, 2.75) is 6.42 Å². The molecule has 76 valence electrons. The average molecular weight is 200 g/mol. The van der Waals surface area contributed by atoms with Crippen LogP contribution < -0.4 is 0 Å². The first-order valence-electron chi connectivity index (χ1n) is 4.83. The Kier molecular flexibility index (Phi) is 3.23. The molecular formula is C13H12O2. The van der Waals surface area contributed by atoms with Crippen molar-refractivity contribution in [1.29, 1.82) is 0 Å². The van der Waals surface area contributed by atoms with Crippen LogP contribution in [0.25, 0.3) is 0 Å². The second kappa shape index (κ2) is 5.05. The molecule has 0 aromatic rings. The minimum absolute atomic E-state index is 0.656. The van der Waals surface area contributed by atoms with Crippen molar-refractivity contribution in [3.63, 3.8) is 0 Å². The maximum absolute atomic E-state index is 5.40. The molecule has 0 atom stereocenters. The zero-order valence-electron chi connectivity index (χ0n) is 8.30. The van der Waals surface area contributed by atoms with Crippen LogP contribution in [0, 0.1) is 0 Å². The Morgan fingerprint density at radius 3 is 1.73 bits per heavy atom. The molecule has 0 aromatic carbocycles. The van der Waals surface area contributed by atoms with Gasteiger partial charge in [0.2, 0.25) is 0 Å². The minimum atomic E-state index is 0.656. The molecule has 0 bridgehead atoms. The highest BCUT2D eigenvalue weighted by atomic mass is 16.5. The van der Waals surface area contributed by atoms with Crippen LogP contribution in [-0.4, -0.2) is 0 Å². The van der Waals surface area contributed by atoms with Gasteiger partial charge in [-0.25, -0.2) is 0 Å². The van der Waals surface area contributed by atoms with Crippen molar-refractivity contribution in [2.75, 3.05) is 0 Å². The summed E-state index contributed by atoms with van der Waals surface area (Å²) < 4.78 is 10.8. The fraction of sp³-hybridized carbons (Fsp3) is 0.0769. The maximum atomic E-state index is 5.40. The molecule has 0 unspecified atom stereocenters. The summed E-state index contributed by atoms with van der Waals surface area (Å²) in [5.74, 6) is 1.74. The van der Waals surface area contributed by atoms with Gasteiger partial charge in [0.15, 0.2) is 0 Å². The Labute approximate surface area is 89.2 Å². The molecule has 0 saturated carbocycles. The average Bonchev–Trinajstić information content (AvgIpc) is 2.63. The standard InChI is InChI=1S/C13H12O2/c1-3-7-12(14-9-5-1)11-13-8-4-2-6-10-15-13/h1-10H,11H2. The van der Waals surface area contributed by atoms with E-state index < -0.39 is 0 Å². The zero-order valence-corrected chi connectivity index (χ0v) is 8.30. The summed E-state index contributed by atoms with van der Waals surface area (Å²) in [6.45, 7) is 0. The second-order valence-electron chi connectivity index (χ2n) is 3.11. The molecule has 2 rings (SSSR count). The molecule has 0 N–H and O–H groups in total. The van der Waals surface area contributed by atoms with Gasteiger partial charge in [-0.2, -0.15) is 0 Å². The van der Waals surface area contributed by atoms with Crippen LogP contribution in [0.3, 0.4) is 0 Å². The monoisotopic (exact) mass is 200 g/mol. The third-order valence-electron chi connectivity index (χ3n) is 1.95. The van der Waals surface area contributed by atoms with E-state index in [0.29, 0.717) is 6.42 Å². The molecule has 0 fully saturated rings. The largest absolute Gasteiger partial charge is 0.469 e. The molecule has 2 nitrogen and oxygen atoms in total. The highest BCUT2D eigenvalue weighted by Crippen LogP contribution is 2.17. The van der Waals surface area contributed by atoms with Gasteiger partial charge in [0.25, 0.3) is 0 Å². The number of hydrogen-bond donors (Lipinski definition) is 0. The SMILES string of the molecule is C1=CC=C(CC2=CC=CC=CO2)OC=C1. The van der Waals surface area contributed by atoms with Gasteiger partial charge in [0, 0.05) is 0 Å². The second-order valence-corrected chi connectivity index (χ2v) is 3.11. The number of allylic oxidation sites excluding steroid dienone is 8. The van der Waals surface area contributed by atoms with E-state index in [1.807, 2.05) is 48.6 Å². The van der Waals surface area contributed by atoms with Crippen molar-refractivity contribution < 1.29 is 9.47 Å². The van der Waals surface area contributed by atoms with Crippen molar-refractivity contribution in [3.05, 3.63) is 72.7 Å². The molecular weight excluding hydrogens is 188 g/mol. The van der Waals surface area contributed by atoms with Crippen LogP contribution in [0.1, 0.15) is 6.42 Å². The fourth-order valence-corrected chi connectivity index (χ4v) is 1.25. The highest BCUT2D eigenvalue weighted by Gasteiger charge is 2.04. The summed E-state index contributed by atoms with van der Waals surface area (Å²) in [6.07, 6.45) is 19.3. The summed E-state index contributed by atoms with van der Waals surface area (Å²) in [5, 5.41) is 0. The summed E-state index contributed by atoms with van der Waals surface area (Å²) in [6, 6.07) is 0. The molecule has 2 heterocycles. The predicted octanol–water partition coefficient (Wildman–Crippen LogP) is 3.34. The highest BCUT2D eigenvalue weighted by molar-refractivity contribution is 5.23. The quantitative estimate of drug-likeness (QED) is 0.680. The Balaban J connectivity index is 2.02. The van der Waals surface area contributed by atoms with Gasteiger partial charge in [0.05, 0.1) is 18.9 Å². The number of hydrogen-bond acceptors (Lipinski definition) is 2. The van der Waals surface area contributed by atoms with Gasteiger partial charge in [-0.05, 0) is 24.3 Å². The van der Waals surface area contributed by atoms with Crippen molar-refractivity contribution in [3.8, 4) is 0 Å².